The van der Waals surface area contributed by atoms with E-state index >= 15 is 0 Å². The first-order chi connectivity index (χ1) is 14.5. The molecule has 31 heavy (non-hydrogen) atoms. The highest BCUT2D eigenvalue weighted by Crippen LogP contribution is 2.36. The third kappa shape index (κ3) is 4.70. The highest BCUT2D eigenvalue weighted by Gasteiger charge is 2.38. The summed E-state index contributed by atoms with van der Waals surface area (Å²) < 4.78 is 113. The number of rotatable bonds is 5. The largest absolute Gasteiger partial charge is 0.429 e. The maximum atomic E-state index is 14.4. The van der Waals surface area contributed by atoms with Crippen LogP contribution in [0.15, 0.2) is 60.4 Å². The topological polar surface area (TPSA) is 9.23 Å². The number of hydrogen-bond donors (Lipinski definition) is 0. The Balaban J connectivity index is 1.88. The van der Waals surface area contributed by atoms with E-state index in [1.165, 1.54) is 24.3 Å². The van der Waals surface area contributed by atoms with Gasteiger partial charge in [-0.15, -0.1) is 0 Å². The highest BCUT2D eigenvalue weighted by atomic mass is 19.3. The maximum absolute atomic E-state index is 14.4. The maximum Gasteiger partial charge on any atom is 0.429 e. The van der Waals surface area contributed by atoms with Crippen molar-refractivity contribution in [1.29, 1.82) is 0 Å². The van der Waals surface area contributed by atoms with Gasteiger partial charge in [0.1, 0.15) is 17.4 Å². The Morgan fingerprint density at radius 2 is 1.29 bits per heavy atom. The molecule has 0 aliphatic heterocycles. The molecule has 9 heteroatoms. The fraction of sp³-hybridized carbons (Fsp3) is 0.0909. The van der Waals surface area contributed by atoms with Gasteiger partial charge in [-0.2, -0.15) is 8.78 Å². The number of allylic oxidation sites excluding steroid dienone is 1. The molecule has 0 aliphatic rings. The van der Waals surface area contributed by atoms with Crippen molar-refractivity contribution in [3.63, 3.8) is 0 Å². The molecular formula is C22H12F8O. The van der Waals surface area contributed by atoms with Crippen LogP contribution in [0.5, 0.6) is 5.75 Å². The monoisotopic (exact) mass is 444 g/mol. The van der Waals surface area contributed by atoms with Crippen molar-refractivity contribution in [3.8, 4) is 16.9 Å². The van der Waals surface area contributed by atoms with Crippen LogP contribution in [0.3, 0.4) is 0 Å². The molecule has 0 saturated carbocycles. The average Bonchev–Trinajstić information content (AvgIpc) is 2.70. The van der Waals surface area contributed by atoms with Crippen LogP contribution in [0.25, 0.3) is 17.0 Å². The standard InChI is InChI=1S/C22H12F8O/c1-11(23)20(27)13-4-2-12(3-5-13)14-6-7-16(17(24)8-14)22(29,30)31-15-9-18(25)21(28)19(26)10-15/h2-10H,1H3. The van der Waals surface area contributed by atoms with Gasteiger partial charge in [-0.05, 0) is 30.2 Å². The van der Waals surface area contributed by atoms with E-state index in [0.717, 1.165) is 19.1 Å². The lowest BCUT2D eigenvalue weighted by Gasteiger charge is -2.19. The van der Waals surface area contributed by atoms with Crippen LogP contribution in [0, 0.1) is 23.3 Å². The Bertz CT molecular complexity index is 1130. The van der Waals surface area contributed by atoms with Crippen LogP contribution >= 0.6 is 0 Å². The second-order valence-electron chi connectivity index (χ2n) is 6.44. The Hall–Kier alpha value is -3.36. The Morgan fingerprint density at radius 1 is 0.742 bits per heavy atom. The van der Waals surface area contributed by atoms with Gasteiger partial charge < -0.3 is 4.74 Å². The first-order valence-electron chi connectivity index (χ1n) is 8.63. The van der Waals surface area contributed by atoms with Crippen molar-refractivity contribution < 1.29 is 39.9 Å². The van der Waals surface area contributed by atoms with Crippen molar-refractivity contribution >= 4 is 5.83 Å². The quantitative estimate of drug-likeness (QED) is 0.290. The van der Waals surface area contributed by atoms with E-state index < -0.39 is 52.3 Å². The average molecular weight is 444 g/mol. The molecular weight excluding hydrogens is 432 g/mol. The number of hydrogen-bond acceptors (Lipinski definition) is 1. The zero-order chi connectivity index (χ0) is 22.9. The van der Waals surface area contributed by atoms with Crippen LogP contribution in [0.1, 0.15) is 18.1 Å². The fourth-order valence-electron chi connectivity index (χ4n) is 2.73. The van der Waals surface area contributed by atoms with E-state index in [-0.39, 0.29) is 23.3 Å². The van der Waals surface area contributed by atoms with Crippen molar-refractivity contribution in [2.24, 2.45) is 0 Å². The molecule has 0 N–H and O–H groups in total. The molecule has 1 nitrogen and oxygen atoms in total. The first-order valence-corrected chi connectivity index (χ1v) is 8.63. The highest BCUT2D eigenvalue weighted by molar-refractivity contribution is 5.68. The lowest BCUT2D eigenvalue weighted by atomic mass is 10.0. The van der Waals surface area contributed by atoms with E-state index in [9.17, 15) is 35.1 Å². The Labute approximate surface area is 171 Å². The van der Waals surface area contributed by atoms with Gasteiger partial charge in [0.2, 0.25) is 0 Å². The second-order valence-corrected chi connectivity index (χ2v) is 6.44. The summed E-state index contributed by atoms with van der Waals surface area (Å²) in [6.45, 7) is 0.939. The summed E-state index contributed by atoms with van der Waals surface area (Å²) in [5, 5.41) is 0. The summed E-state index contributed by atoms with van der Waals surface area (Å²) in [7, 11) is 0. The molecule has 0 saturated heterocycles. The van der Waals surface area contributed by atoms with Gasteiger partial charge in [-0.25, -0.2) is 26.3 Å². The van der Waals surface area contributed by atoms with Crippen molar-refractivity contribution in [2.75, 3.05) is 0 Å². The van der Waals surface area contributed by atoms with Gasteiger partial charge in [0.25, 0.3) is 0 Å². The van der Waals surface area contributed by atoms with E-state index in [4.69, 9.17) is 0 Å². The lowest BCUT2D eigenvalue weighted by Crippen LogP contribution is -2.23. The Morgan fingerprint density at radius 3 is 1.81 bits per heavy atom. The predicted octanol–water partition coefficient (Wildman–Crippen LogP) is 7.67. The Kier molecular flexibility index (Phi) is 6.06. The van der Waals surface area contributed by atoms with E-state index in [2.05, 4.69) is 4.74 Å². The number of halogens is 8. The van der Waals surface area contributed by atoms with Gasteiger partial charge in [-0.1, -0.05) is 30.3 Å². The van der Waals surface area contributed by atoms with Crippen molar-refractivity contribution in [3.05, 3.63) is 94.8 Å². The van der Waals surface area contributed by atoms with Gasteiger partial charge >= 0.3 is 6.11 Å². The summed E-state index contributed by atoms with van der Waals surface area (Å²) in [6, 6.07) is 8.10. The molecule has 3 aromatic carbocycles. The van der Waals surface area contributed by atoms with Gasteiger partial charge in [-0.3, -0.25) is 0 Å². The molecule has 0 bridgehead atoms. The third-order valence-electron chi connectivity index (χ3n) is 4.26. The van der Waals surface area contributed by atoms with E-state index in [0.29, 0.717) is 11.6 Å². The molecule has 3 rings (SSSR count). The van der Waals surface area contributed by atoms with Crippen LogP contribution in [-0.2, 0) is 6.11 Å². The first kappa shape index (κ1) is 22.3. The minimum atomic E-state index is -4.34. The molecule has 0 heterocycles. The SMILES string of the molecule is CC(F)=C(F)c1ccc(-c2ccc(C(F)(F)Oc3cc(F)c(F)c(F)c3)c(F)c2)cc1. The molecule has 0 amide bonds. The zero-order valence-corrected chi connectivity index (χ0v) is 15.6. The zero-order valence-electron chi connectivity index (χ0n) is 15.6. The van der Waals surface area contributed by atoms with Gasteiger partial charge in [0.05, 0.1) is 5.56 Å². The molecule has 0 aromatic heterocycles. The molecule has 0 fully saturated rings. The van der Waals surface area contributed by atoms with E-state index in [1.807, 2.05) is 0 Å². The normalized spacial score (nSPS) is 12.5. The molecule has 0 aliphatic carbocycles. The van der Waals surface area contributed by atoms with Crippen LogP contribution in [0.4, 0.5) is 35.1 Å². The number of benzene rings is 3. The van der Waals surface area contributed by atoms with E-state index in [1.54, 1.807) is 0 Å². The summed E-state index contributed by atoms with van der Waals surface area (Å²) in [5.74, 6) is -9.91. The lowest BCUT2D eigenvalue weighted by molar-refractivity contribution is -0.187. The third-order valence-corrected chi connectivity index (χ3v) is 4.26. The summed E-state index contributed by atoms with van der Waals surface area (Å²) in [5.41, 5.74) is -0.825. The van der Waals surface area contributed by atoms with Gasteiger partial charge in [0, 0.05) is 17.7 Å². The molecule has 0 atom stereocenters. The molecule has 0 radical (unpaired) electrons. The fourth-order valence-corrected chi connectivity index (χ4v) is 2.73. The smallest absolute Gasteiger partial charge is 0.429 e. The minimum Gasteiger partial charge on any atom is -0.429 e. The van der Waals surface area contributed by atoms with Gasteiger partial charge in [0.15, 0.2) is 23.3 Å². The van der Waals surface area contributed by atoms with Crippen LogP contribution in [-0.4, -0.2) is 0 Å². The molecule has 0 spiro atoms. The van der Waals surface area contributed by atoms with Crippen LogP contribution < -0.4 is 4.74 Å². The summed E-state index contributed by atoms with van der Waals surface area (Å²) >= 11 is 0. The summed E-state index contributed by atoms with van der Waals surface area (Å²) in [4.78, 5) is 0. The van der Waals surface area contributed by atoms with Crippen molar-refractivity contribution in [1.82, 2.24) is 0 Å². The van der Waals surface area contributed by atoms with Crippen LogP contribution in [0.2, 0.25) is 0 Å². The molecule has 0 unspecified atom stereocenters. The summed E-state index contributed by atoms with van der Waals surface area (Å²) in [6.07, 6.45) is -4.34. The molecule has 162 valence electrons. The number of alkyl halides is 2. The molecule has 3 aromatic rings. The second kappa shape index (κ2) is 8.41. The predicted molar refractivity (Wildman–Crippen MR) is 97.5 cm³/mol. The number of ether oxygens (including phenoxy) is 1. The minimum absolute atomic E-state index is 0.0560. The van der Waals surface area contributed by atoms with Crippen molar-refractivity contribution in [2.45, 2.75) is 13.0 Å².